The van der Waals surface area contributed by atoms with Crippen molar-refractivity contribution < 1.29 is 14.6 Å². The Morgan fingerprint density at radius 2 is 2.12 bits per heavy atom. The van der Waals surface area contributed by atoms with Gasteiger partial charge in [-0.2, -0.15) is 0 Å². The molecule has 0 aliphatic heterocycles. The number of nitrogens with one attached hydrogen (secondary N) is 1. The van der Waals surface area contributed by atoms with Gasteiger partial charge in [-0.25, -0.2) is 14.8 Å². The second kappa shape index (κ2) is 6.96. The highest BCUT2D eigenvalue weighted by Crippen LogP contribution is 2.26. The van der Waals surface area contributed by atoms with Gasteiger partial charge in [0.15, 0.2) is 5.82 Å². The fourth-order valence-corrected chi connectivity index (χ4v) is 2.38. The lowest BCUT2D eigenvalue weighted by Crippen LogP contribution is -2.09. The average molecular weight is 337 g/mol. The first-order chi connectivity index (χ1) is 12.1. The standard InChI is InChI=1S/C18H15N3O4/c1-2-25-15-6-5-11(10-13(15)18(23)24)14-7-9-19-16(21-14)12-4-3-8-20-17(12)22/h3-10H,2H2,1H3,(H,20,22)(H,23,24). The van der Waals surface area contributed by atoms with Gasteiger partial charge in [-0.3, -0.25) is 4.79 Å². The summed E-state index contributed by atoms with van der Waals surface area (Å²) in [5.74, 6) is -0.517. The number of hydrogen-bond donors (Lipinski definition) is 2. The van der Waals surface area contributed by atoms with Gasteiger partial charge in [0.25, 0.3) is 5.56 Å². The van der Waals surface area contributed by atoms with Crippen LogP contribution in [0.15, 0.2) is 53.6 Å². The number of aromatic amines is 1. The molecule has 2 N–H and O–H groups in total. The molecule has 25 heavy (non-hydrogen) atoms. The van der Waals surface area contributed by atoms with Gasteiger partial charge in [0.1, 0.15) is 11.3 Å². The Balaban J connectivity index is 2.07. The number of pyridine rings is 1. The number of H-pyrrole nitrogens is 1. The molecular weight excluding hydrogens is 322 g/mol. The van der Waals surface area contributed by atoms with E-state index in [4.69, 9.17) is 4.74 Å². The zero-order valence-corrected chi connectivity index (χ0v) is 13.4. The number of benzene rings is 1. The fourth-order valence-electron chi connectivity index (χ4n) is 2.38. The van der Waals surface area contributed by atoms with Gasteiger partial charge >= 0.3 is 5.97 Å². The van der Waals surface area contributed by atoms with E-state index in [0.717, 1.165) is 0 Å². The summed E-state index contributed by atoms with van der Waals surface area (Å²) in [6.07, 6.45) is 3.06. The number of rotatable bonds is 5. The second-order valence-corrected chi connectivity index (χ2v) is 5.13. The van der Waals surface area contributed by atoms with E-state index in [9.17, 15) is 14.7 Å². The van der Waals surface area contributed by atoms with Crippen LogP contribution in [0.5, 0.6) is 5.75 Å². The lowest BCUT2D eigenvalue weighted by atomic mass is 10.1. The van der Waals surface area contributed by atoms with Crippen molar-refractivity contribution in [2.75, 3.05) is 6.61 Å². The van der Waals surface area contributed by atoms with Crippen molar-refractivity contribution in [3.8, 4) is 28.4 Å². The first kappa shape index (κ1) is 16.4. The van der Waals surface area contributed by atoms with Gasteiger partial charge in [0.2, 0.25) is 0 Å². The highest BCUT2D eigenvalue weighted by atomic mass is 16.5. The van der Waals surface area contributed by atoms with Crippen LogP contribution in [0.25, 0.3) is 22.6 Å². The minimum atomic E-state index is -1.08. The molecule has 3 aromatic rings. The smallest absolute Gasteiger partial charge is 0.339 e. The summed E-state index contributed by atoms with van der Waals surface area (Å²) in [5, 5.41) is 9.37. The monoisotopic (exact) mass is 337 g/mol. The van der Waals surface area contributed by atoms with E-state index in [1.807, 2.05) is 0 Å². The van der Waals surface area contributed by atoms with Crippen molar-refractivity contribution in [2.45, 2.75) is 6.92 Å². The van der Waals surface area contributed by atoms with Crippen molar-refractivity contribution in [3.05, 3.63) is 64.7 Å². The maximum atomic E-state index is 11.9. The summed E-state index contributed by atoms with van der Waals surface area (Å²) in [6.45, 7) is 2.15. The van der Waals surface area contributed by atoms with Gasteiger partial charge < -0.3 is 14.8 Å². The molecule has 0 amide bonds. The first-order valence-electron chi connectivity index (χ1n) is 7.61. The predicted octanol–water partition coefficient (Wildman–Crippen LogP) is 2.60. The number of ether oxygens (including phenoxy) is 1. The average Bonchev–Trinajstić information content (AvgIpc) is 2.62. The Morgan fingerprint density at radius 1 is 1.28 bits per heavy atom. The third-order valence-electron chi connectivity index (χ3n) is 3.52. The van der Waals surface area contributed by atoms with E-state index in [-0.39, 0.29) is 16.9 Å². The molecule has 3 rings (SSSR count). The van der Waals surface area contributed by atoms with Crippen LogP contribution >= 0.6 is 0 Å². The van der Waals surface area contributed by atoms with Gasteiger partial charge in [-0.15, -0.1) is 0 Å². The molecule has 0 spiro atoms. The van der Waals surface area contributed by atoms with Crippen LogP contribution in [0.3, 0.4) is 0 Å². The van der Waals surface area contributed by atoms with Gasteiger partial charge in [0.05, 0.1) is 17.9 Å². The molecule has 0 saturated heterocycles. The highest BCUT2D eigenvalue weighted by Gasteiger charge is 2.14. The van der Waals surface area contributed by atoms with E-state index in [1.165, 1.54) is 18.5 Å². The van der Waals surface area contributed by atoms with Crippen LogP contribution in [0.1, 0.15) is 17.3 Å². The molecule has 126 valence electrons. The zero-order valence-electron chi connectivity index (χ0n) is 13.4. The van der Waals surface area contributed by atoms with Crippen LogP contribution in [-0.2, 0) is 0 Å². The van der Waals surface area contributed by atoms with Gasteiger partial charge in [-0.1, -0.05) is 0 Å². The first-order valence-corrected chi connectivity index (χ1v) is 7.61. The Labute approximate surface area is 143 Å². The molecule has 0 fully saturated rings. The predicted molar refractivity (Wildman–Crippen MR) is 91.7 cm³/mol. The number of aromatic carboxylic acids is 1. The van der Waals surface area contributed by atoms with E-state index < -0.39 is 5.97 Å². The number of nitrogens with zero attached hydrogens (tertiary/aromatic N) is 2. The molecule has 0 aliphatic rings. The molecule has 0 radical (unpaired) electrons. The van der Waals surface area contributed by atoms with Crippen molar-refractivity contribution >= 4 is 5.97 Å². The van der Waals surface area contributed by atoms with Crippen molar-refractivity contribution in [2.24, 2.45) is 0 Å². The number of aromatic nitrogens is 3. The number of carbonyl (C=O) groups is 1. The molecule has 2 aromatic heterocycles. The number of carboxylic acid groups (broad SMARTS) is 1. The topological polar surface area (TPSA) is 105 Å². The Morgan fingerprint density at radius 3 is 2.84 bits per heavy atom. The van der Waals surface area contributed by atoms with Crippen molar-refractivity contribution in [1.82, 2.24) is 15.0 Å². The Bertz CT molecular complexity index is 982. The largest absolute Gasteiger partial charge is 0.493 e. The molecule has 0 saturated carbocycles. The molecule has 7 nitrogen and oxygen atoms in total. The summed E-state index contributed by atoms with van der Waals surface area (Å²) < 4.78 is 5.34. The second-order valence-electron chi connectivity index (χ2n) is 5.13. The summed E-state index contributed by atoms with van der Waals surface area (Å²) in [6, 6.07) is 9.78. The quantitative estimate of drug-likeness (QED) is 0.741. The summed E-state index contributed by atoms with van der Waals surface area (Å²) in [5.41, 5.74) is 1.21. The van der Waals surface area contributed by atoms with E-state index >= 15 is 0 Å². The highest BCUT2D eigenvalue weighted by molar-refractivity contribution is 5.92. The third-order valence-corrected chi connectivity index (χ3v) is 3.52. The lowest BCUT2D eigenvalue weighted by Gasteiger charge is -2.09. The van der Waals surface area contributed by atoms with Gasteiger partial charge in [-0.05, 0) is 43.3 Å². The maximum Gasteiger partial charge on any atom is 0.339 e. The zero-order chi connectivity index (χ0) is 17.8. The molecule has 0 bridgehead atoms. The Kier molecular flexibility index (Phi) is 4.56. The van der Waals surface area contributed by atoms with Crippen LogP contribution in [-0.4, -0.2) is 32.6 Å². The van der Waals surface area contributed by atoms with Gasteiger partial charge in [0, 0.05) is 18.0 Å². The van der Waals surface area contributed by atoms with Crippen molar-refractivity contribution in [3.63, 3.8) is 0 Å². The minimum Gasteiger partial charge on any atom is -0.493 e. The third kappa shape index (κ3) is 3.40. The van der Waals surface area contributed by atoms with E-state index in [0.29, 0.717) is 29.2 Å². The SMILES string of the molecule is CCOc1ccc(-c2ccnc(-c3ccc[nH]c3=O)n2)cc1C(=O)O. The molecule has 2 heterocycles. The van der Waals surface area contributed by atoms with Crippen molar-refractivity contribution in [1.29, 1.82) is 0 Å². The maximum absolute atomic E-state index is 11.9. The molecule has 0 aliphatic carbocycles. The number of carboxylic acids is 1. The molecule has 0 unspecified atom stereocenters. The molecular formula is C18H15N3O4. The molecule has 0 atom stereocenters. The van der Waals surface area contributed by atoms with Crippen LogP contribution in [0, 0.1) is 0 Å². The van der Waals surface area contributed by atoms with Crippen LogP contribution in [0.2, 0.25) is 0 Å². The van der Waals surface area contributed by atoms with E-state index in [2.05, 4.69) is 15.0 Å². The number of hydrogen-bond acceptors (Lipinski definition) is 5. The minimum absolute atomic E-state index is 0.0528. The summed E-state index contributed by atoms with van der Waals surface area (Å²) >= 11 is 0. The van der Waals surface area contributed by atoms with E-state index in [1.54, 1.807) is 37.3 Å². The lowest BCUT2D eigenvalue weighted by molar-refractivity contribution is 0.0692. The Hall–Kier alpha value is -3.48. The molecule has 1 aromatic carbocycles. The van der Waals surface area contributed by atoms with Crippen LogP contribution in [0.4, 0.5) is 0 Å². The summed E-state index contributed by atoms with van der Waals surface area (Å²) in [4.78, 5) is 34.4. The summed E-state index contributed by atoms with van der Waals surface area (Å²) in [7, 11) is 0. The molecule has 7 heteroatoms. The fraction of sp³-hybridized carbons (Fsp3) is 0.111. The van der Waals surface area contributed by atoms with Crippen LogP contribution < -0.4 is 10.3 Å². The normalized spacial score (nSPS) is 10.4.